The largest absolute Gasteiger partial charge is 0.477 e. The van der Waals surface area contributed by atoms with Gasteiger partial charge in [0.05, 0.1) is 13.2 Å². The summed E-state index contributed by atoms with van der Waals surface area (Å²) < 4.78 is 26.5. The van der Waals surface area contributed by atoms with Crippen LogP contribution in [0.4, 0.5) is 0 Å². The van der Waals surface area contributed by atoms with Crippen molar-refractivity contribution in [1.29, 1.82) is 0 Å². The van der Waals surface area contributed by atoms with Crippen LogP contribution in [-0.2, 0) is 24.7 Å². The van der Waals surface area contributed by atoms with Gasteiger partial charge >= 0.3 is 7.82 Å². The van der Waals surface area contributed by atoms with Crippen LogP contribution in [0.25, 0.3) is 0 Å². The molecule has 0 aromatic heterocycles. The number of benzene rings is 1. The Hall–Kier alpha value is 1.73. The van der Waals surface area contributed by atoms with Gasteiger partial charge in [-0.2, -0.15) is 0 Å². The second kappa shape index (κ2) is 8.72. The van der Waals surface area contributed by atoms with E-state index in [1.807, 2.05) is 30.3 Å². The summed E-state index contributed by atoms with van der Waals surface area (Å²) in [5, 5.41) is 0. The molecule has 120 valence electrons. The highest BCUT2D eigenvalue weighted by molar-refractivity contribution is 9.41. The van der Waals surface area contributed by atoms with Crippen molar-refractivity contribution in [1.82, 2.24) is 0 Å². The van der Waals surface area contributed by atoms with E-state index in [9.17, 15) is 4.57 Å². The van der Waals surface area contributed by atoms with E-state index in [0.29, 0.717) is 0 Å². The van der Waals surface area contributed by atoms with Gasteiger partial charge in [0.15, 0.2) is 2.14 Å². The minimum Gasteiger partial charge on any atom is -0.287 e. The van der Waals surface area contributed by atoms with Crippen molar-refractivity contribution in [2.24, 2.45) is 0 Å². The zero-order valence-corrected chi connectivity index (χ0v) is 19.6. The summed E-state index contributed by atoms with van der Waals surface area (Å²) in [6.07, 6.45) is 0. The zero-order valence-electron chi connectivity index (χ0n) is 10.8. The Morgan fingerprint density at radius 2 is 1.62 bits per heavy atom. The second-order valence-corrected chi connectivity index (χ2v) is 15.4. The van der Waals surface area contributed by atoms with Crippen molar-refractivity contribution in [3.05, 3.63) is 35.9 Å². The standard InChI is InChI=1S/C11H12Br5O4P/c1-2-18-21(17,20-11(15,16)10(12,13)14)19-8-9-6-4-3-5-7-9/h3-7H,2,8H2,1H3. The van der Waals surface area contributed by atoms with Crippen molar-refractivity contribution in [2.75, 3.05) is 6.61 Å². The fourth-order valence-electron chi connectivity index (χ4n) is 1.17. The molecule has 0 amide bonds. The maximum Gasteiger partial charge on any atom is 0.477 e. The van der Waals surface area contributed by atoms with Gasteiger partial charge in [-0.25, -0.2) is 4.57 Å². The number of phosphoric acid groups is 1. The third-order valence-corrected chi connectivity index (χ3v) is 10.5. The van der Waals surface area contributed by atoms with Crippen LogP contribution in [-0.4, -0.2) is 12.2 Å². The first-order chi connectivity index (χ1) is 9.60. The first-order valence-corrected chi connectivity index (χ1v) is 11.1. The minimum absolute atomic E-state index is 0.105. The lowest BCUT2D eigenvalue weighted by molar-refractivity contribution is 0.102. The van der Waals surface area contributed by atoms with Crippen molar-refractivity contribution < 1.29 is 18.1 Å². The monoisotopic (exact) mass is 634 g/mol. The average molecular weight is 639 g/mol. The summed E-state index contributed by atoms with van der Waals surface area (Å²) in [6, 6.07) is 9.33. The highest BCUT2D eigenvalue weighted by Crippen LogP contribution is 2.63. The van der Waals surface area contributed by atoms with Crippen LogP contribution in [0.1, 0.15) is 12.5 Å². The number of alkyl halides is 5. The summed E-state index contributed by atoms with van der Waals surface area (Å²) in [5.74, 6) is 0. The van der Waals surface area contributed by atoms with Gasteiger partial charge in [-0.3, -0.25) is 13.6 Å². The highest BCUT2D eigenvalue weighted by atomic mass is 80.0. The minimum atomic E-state index is -3.79. The van der Waals surface area contributed by atoms with Gasteiger partial charge < -0.3 is 0 Å². The van der Waals surface area contributed by atoms with E-state index in [0.717, 1.165) is 5.56 Å². The fraction of sp³-hybridized carbons (Fsp3) is 0.455. The molecule has 0 heterocycles. The third kappa shape index (κ3) is 7.01. The molecule has 0 spiro atoms. The Balaban J connectivity index is 2.81. The topological polar surface area (TPSA) is 44.8 Å². The Bertz CT molecular complexity index is 491. The normalized spacial score (nSPS) is 15.7. The molecular weight excluding hydrogens is 627 g/mol. The molecule has 1 rings (SSSR count). The van der Waals surface area contributed by atoms with Gasteiger partial charge in [0.2, 0.25) is 3.42 Å². The van der Waals surface area contributed by atoms with E-state index in [-0.39, 0.29) is 13.2 Å². The van der Waals surface area contributed by atoms with Gasteiger partial charge in [0.25, 0.3) is 0 Å². The average Bonchev–Trinajstić information content (AvgIpc) is 2.36. The van der Waals surface area contributed by atoms with Gasteiger partial charge in [-0.05, 0) is 44.3 Å². The molecule has 10 heteroatoms. The summed E-state index contributed by atoms with van der Waals surface area (Å²) in [5.41, 5.74) is 0.860. The SMILES string of the molecule is CCOP(=O)(OCc1ccccc1)OC(Br)(Br)C(Br)(Br)Br. The van der Waals surface area contributed by atoms with Crippen molar-refractivity contribution in [3.63, 3.8) is 0 Å². The number of halogens is 5. The number of hydrogen-bond acceptors (Lipinski definition) is 4. The van der Waals surface area contributed by atoms with E-state index in [1.54, 1.807) is 6.92 Å². The molecule has 0 bridgehead atoms. The zero-order chi connectivity index (χ0) is 16.1. The predicted octanol–water partition coefficient (Wildman–Crippen LogP) is 6.65. The summed E-state index contributed by atoms with van der Waals surface area (Å²) in [4.78, 5) is 0. The number of hydrogen-bond donors (Lipinski definition) is 0. The summed E-state index contributed by atoms with van der Waals surface area (Å²) in [7, 11) is -3.79. The molecule has 0 saturated carbocycles. The Labute approximate surface area is 165 Å². The molecule has 0 aliphatic carbocycles. The molecule has 1 aromatic carbocycles. The third-order valence-electron chi connectivity index (χ3n) is 2.08. The predicted molar refractivity (Wildman–Crippen MR) is 102 cm³/mol. The number of rotatable bonds is 7. The lowest BCUT2D eigenvalue weighted by atomic mass is 10.2. The summed E-state index contributed by atoms with van der Waals surface area (Å²) >= 11 is 16.4. The van der Waals surface area contributed by atoms with Crippen LogP contribution < -0.4 is 0 Å². The molecule has 0 radical (unpaired) electrons. The van der Waals surface area contributed by atoms with E-state index in [2.05, 4.69) is 79.6 Å². The van der Waals surface area contributed by atoms with Gasteiger partial charge in [-0.15, -0.1) is 0 Å². The molecule has 4 nitrogen and oxygen atoms in total. The van der Waals surface area contributed by atoms with Crippen LogP contribution in [0.3, 0.4) is 0 Å². The van der Waals surface area contributed by atoms with Crippen LogP contribution in [0.5, 0.6) is 0 Å². The smallest absolute Gasteiger partial charge is 0.287 e. The van der Waals surface area contributed by atoms with E-state index >= 15 is 0 Å². The molecule has 1 atom stereocenters. The fourth-order valence-corrected chi connectivity index (χ4v) is 4.07. The van der Waals surface area contributed by atoms with Gasteiger partial charge in [-0.1, -0.05) is 78.1 Å². The molecule has 1 aromatic rings. The Morgan fingerprint density at radius 3 is 2.10 bits per heavy atom. The molecular formula is C11H12Br5O4P. The molecule has 0 fully saturated rings. The Kier molecular flexibility index (Phi) is 8.62. The molecule has 1 unspecified atom stereocenters. The quantitative estimate of drug-likeness (QED) is 0.248. The first-order valence-electron chi connectivity index (χ1n) is 5.68. The van der Waals surface area contributed by atoms with Crippen LogP contribution in [0, 0.1) is 0 Å². The molecule has 0 saturated heterocycles. The Morgan fingerprint density at radius 1 is 1.05 bits per heavy atom. The maximum absolute atomic E-state index is 12.7. The van der Waals surface area contributed by atoms with Crippen molar-refractivity contribution in [2.45, 2.75) is 19.1 Å². The molecule has 0 N–H and O–H groups in total. The lowest BCUT2D eigenvalue weighted by Gasteiger charge is -2.31. The second-order valence-electron chi connectivity index (χ2n) is 3.73. The van der Waals surface area contributed by atoms with Crippen LogP contribution in [0.2, 0.25) is 0 Å². The number of phosphoric ester groups is 1. The first kappa shape index (κ1) is 20.8. The summed E-state index contributed by atoms with van der Waals surface area (Å²) in [6.45, 7) is 1.99. The highest BCUT2D eigenvalue weighted by Gasteiger charge is 2.50. The van der Waals surface area contributed by atoms with Crippen LogP contribution >= 0.6 is 87.5 Å². The van der Waals surface area contributed by atoms with Crippen LogP contribution in [0.15, 0.2) is 30.3 Å². The van der Waals surface area contributed by atoms with Gasteiger partial charge in [0.1, 0.15) is 0 Å². The van der Waals surface area contributed by atoms with E-state index < -0.39 is 13.4 Å². The molecule has 0 aliphatic heterocycles. The van der Waals surface area contributed by atoms with Crippen molar-refractivity contribution in [3.8, 4) is 0 Å². The van der Waals surface area contributed by atoms with E-state index in [1.165, 1.54) is 0 Å². The van der Waals surface area contributed by atoms with E-state index in [4.69, 9.17) is 13.6 Å². The van der Waals surface area contributed by atoms with Crippen molar-refractivity contribution >= 4 is 87.5 Å². The lowest BCUT2D eigenvalue weighted by Crippen LogP contribution is -2.31. The maximum atomic E-state index is 12.7. The molecule has 21 heavy (non-hydrogen) atoms. The van der Waals surface area contributed by atoms with Gasteiger partial charge in [0, 0.05) is 0 Å². The molecule has 0 aliphatic rings.